The first-order chi connectivity index (χ1) is 15.2. The molecule has 6 rings (SSSR count). The summed E-state index contributed by atoms with van der Waals surface area (Å²) >= 11 is 0. The molecule has 6 atom stereocenters. The highest BCUT2D eigenvalue weighted by atomic mass is 16.8. The van der Waals surface area contributed by atoms with Gasteiger partial charge in [0.05, 0.1) is 6.61 Å². The van der Waals surface area contributed by atoms with Gasteiger partial charge in [-0.15, -0.1) is 0 Å². The van der Waals surface area contributed by atoms with Crippen LogP contribution >= 0.6 is 0 Å². The summed E-state index contributed by atoms with van der Waals surface area (Å²) < 4.78 is 32.6. The molecule has 5 aliphatic rings. The third kappa shape index (κ3) is 3.65. The lowest BCUT2D eigenvalue weighted by atomic mass is 9.85. The minimum absolute atomic E-state index is 0.270. The van der Waals surface area contributed by atoms with Gasteiger partial charge in [-0.3, -0.25) is 0 Å². The topological polar surface area (TPSA) is 66.4 Å². The van der Waals surface area contributed by atoms with Gasteiger partial charge in [-0.05, 0) is 31.2 Å². The summed E-state index contributed by atoms with van der Waals surface area (Å²) in [5.74, 6) is -1.15. The molecule has 2 saturated heterocycles. The molecular weight excluding hydrogens is 396 g/mol. The van der Waals surface area contributed by atoms with Crippen molar-refractivity contribution in [3.05, 3.63) is 35.9 Å². The van der Waals surface area contributed by atoms with Crippen LogP contribution in [0.2, 0.25) is 0 Å². The Kier molecular flexibility index (Phi) is 5.37. The highest BCUT2D eigenvalue weighted by Crippen LogP contribution is 2.51. The smallest absolute Gasteiger partial charge is 0.169 e. The Hall–Kier alpha value is -1.02. The van der Waals surface area contributed by atoms with Crippen LogP contribution in [0.25, 0.3) is 0 Å². The lowest BCUT2D eigenvalue weighted by molar-refractivity contribution is -0.227. The van der Waals surface area contributed by atoms with E-state index in [4.69, 9.17) is 23.7 Å². The molecule has 0 unspecified atom stereocenters. The van der Waals surface area contributed by atoms with Crippen molar-refractivity contribution in [1.82, 2.24) is 0 Å². The van der Waals surface area contributed by atoms with Crippen molar-refractivity contribution in [2.75, 3.05) is 0 Å². The summed E-state index contributed by atoms with van der Waals surface area (Å²) in [6.07, 6.45) is 7.70. The van der Waals surface area contributed by atoms with E-state index in [-0.39, 0.29) is 18.3 Å². The fraction of sp³-hybridized carbons (Fsp3) is 0.760. The van der Waals surface area contributed by atoms with Crippen LogP contribution in [0, 0.1) is 0 Å². The fourth-order valence-corrected chi connectivity index (χ4v) is 6.34. The molecule has 31 heavy (non-hydrogen) atoms. The Bertz CT molecular complexity index is 757. The number of fused-ring (bicyclic) bond motifs is 3. The zero-order chi connectivity index (χ0) is 20.9. The van der Waals surface area contributed by atoms with Gasteiger partial charge >= 0.3 is 0 Å². The molecule has 0 bridgehead atoms. The van der Waals surface area contributed by atoms with E-state index in [1.807, 2.05) is 30.3 Å². The molecule has 0 aromatic heterocycles. The predicted octanol–water partition coefficient (Wildman–Crippen LogP) is 3.84. The molecule has 0 amide bonds. The second-order valence-electron chi connectivity index (χ2n) is 10.0. The van der Waals surface area contributed by atoms with Gasteiger partial charge in [-0.25, -0.2) is 0 Å². The lowest BCUT2D eigenvalue weighted by Gasteiger charge is -2.40. The Labute approximate surface area is 184 Å². The number of hydrogen-bond donors (Lipinski definition) is 1. The van der Waals surface area contributed by atoms with E-state index in [1.54, 1.807) is 0 Å². The van der Waals surface area contributed by atoms with Gasteiger partial charge in [0.2, 0.25) is 0 Å². The van der Waals surface area contributed by atoms with Gasteiger partial charge in [-0.1, -0.05) is 43.2 Å². The van der Waals surface area contributed by atoms with Gasteiger partial charge in [0.1, 0.15) is 36.6 Å². The van der Waals surface area contributed by atoms with Crippen LogP contribution in [-0.2, 0) is 30.3 Å². The first kappa shape index (κ1) is 20.6. The number of benzene rings is 1. The summed E-state index contributed by atoms with van der Waals surface area (Å²) in [7, 11) is 0. The largest absolute Gasteiger partial charge is 0.387 e. The van der Waals surface area contributed by atoms with Crippen molar-refractivity contribution in [2.24, 2.45) is 0 Å². The molecule has 5 fully saturated rings. The SMILES string of the molecule is O[C@@H]1[C@H]2OC3(CCCCC3)O[C@@H]2[C@H]2OC3(CCCCC3)O[C@H]2[C@H]1OCc1ccccc1. The quantitative estimate of drug-likeness (QED) is 0.786. The van der Waals surface area contributed by atoms with E-state index < -0.39 is 29.9 Å². The molecule has 1 aromatic carbocycles. The van der Waals surface area contributed by atoms with Gasteiger partial charge in [0, 0.05) is 25.7 Å². The lowest BCUT2D eigenvalue weighted by Crippen LogP contribution is -2.62. The molecule has 6 heteroatoms. The summed E-state index contributed by atoms with van der Waals surface area (Å²) in [6.45, 7) is 0.422. The molecule has 170 valence electrons. The molecule has 2 spiro atoms. The maximum atomic E-state index is 11.4. The van der Waals surface area contributed by atoms with Crippen LogP contribution in [-0.4, -0.2) is 53.3 Å². The molecular formula is C25H34O6. The second kappa shape index (κ2) is 8.08. The van der Waals surface area contributed by atoms with Crippen LogP contribution in [0.5, 0.6) is 0 Å². The number of hydrogen-bond acceptors (Lipinski definition) is 6. The Morgan fingerprint density at radius 1 is 0.710 bits per heavy atom. The maximum Gasteiger partial charge on any atom is 0.169 e. The van der Waals surface area contributed by atoms with Crippen molar-refractivity contribution in [3.8, 4) is 0 Å². The van der Waals surface area contributed by atoms with Gasteiger partial charge in [0.25, 0.3) is 0 Å². The maximum absolute atomic E-state index is 11.4. The Morgan fingerprint density at radius 3 is 1.84 bits per heavy atom. The van der Waals surface area contributed by atoms with E-state index in [1.165, 1.54) is 12.8 Å². The zero-order valence-electron chi connectivity index (χ0n) is 18.1. The average molecular weight is 431 g/mol. The number of ether oxygens (including phenoxy) is 5. The van der Waals surface area contributed by atoms with E-state index in [2.05, 4.69) is 0 Å². The summed E-state index contributed by atoms with van der Waals surface area (Å²) in [5.41, 5.74) is 1.08. The highest BCUT2D eigenvalue weighted by molar-refractivity contribution is 5.14. The molecule has 3 aliphatic carbocycles. The Morgan fingerprint density at radius 2 is 1.23 bits per heavy atom. The van der Waals surface area contributed by atoms with E-state index >= 15 is 0 Å². The van der Waals surface area contributed by atoms with E-state index in [0.29, 0.717) is 6.61 Å². The van der Waals surface area contributed by atoms with E-state index in [0.717, 1.165) is 56.9 Å². The van der Waals surface area contributed by atoms with Crippen molar-refractivity contribution in [1.29, 1.82) is 0 Å². The minimum Gasteiger partial charge on any atom is -0.387 e. The highest BCUT2D eigenvalue weighted by Gasteiger charge is 2.66. The third-order valence-corrected chi connectivity index (χ3v) is 7.89. The molecule has 2 aliphatic heterocycles. The van der Waals surface area contributed by atoms with Crippen LogP contribution in [0.15, 0.2) is 30.3 Å². The molecule has 0 radical (unpaired) electrons. The van der Waals surface area contributed by atoms with Crippen molar-refractivity contribution < 1.29 is 28.8 Å². The second-order valence-corrected chi connectivity index (χ2v) is 10.0. The zero-order valence-corrected chi connectivity index (χ0v) is 18.1. The van der Waals surface area contributed by atoms with Crippen molar-refractivity contribution >= 4 is 0 Å². The van der Waals surface area contributed by atoms with Crippen LogP contribution in [0.4, 0.5) is 0 Å². The number of aliphatic hydroxyl groups excluding tert-OH is 1. The van der Waals surface area contributed by atoms with Gasteiger partial charge in [0.15, 0.2) is 11.6 Å². The predicted molar refractivity (Wildman–Crippen MR) is 112 cm³/mol. The minimum atomic E-state index is -0.807. The fourth-order valence-electron chi connectivity index (χ4n) is 6.34. The van der Waals surface area contributed by atoms with Gasteiger partial charge in [-0.2, -0.15) is 0 Å². The molecule has 3 saturated carbocycles. The van der Waals surface area contributed by atoms with Crippen LogP contribution < -0.4 is 0 Å². The summed E-state index contributed by atoms with van der Waals surface area (Å²) in [4.78, 5) is 0. The molecule has 1 aromatic rings. The van der Waals surface area contributed by atoms with Crippen molar-refractivity contribution in [2.45, 2.75) is 119 Å². The molecule has 1 N–H and O–H groups in total. The van der Waals surface area contributed by atoms with E-state index in [9.17, 15) is 5.11 Å². The third-order valence-electron chi connectivity index (χ3n) is 7.89. The number of aliphatic hydroxyl groups is 1. The monoisotopic (exact) mass is 430 g/mol. The van der Waals surface area contributed by atoms with Gasteiger partial charge < -0.3 is 28.8 Å². The average Bonchev–Trinajstić information content (AvgIpc) is 3.34. The first-order valence-electron chi connectivity index (χ1n) is 12.2. The Balaban J connectivity index is 1.28. The normalized spacial score (nSPS) is 40.7. The van der Waals surface area contributed by atoms with Crippen LogP contribution in [0.3, 0.4) is 0 Å². The summed E-state index contributed by atoms with van der Waals surface area (Å²) in [5, 5.41) is 11.4. The number of rotatable bonds is 3. The molecule has 6 nitrogen and oxygen atoms in total. The molecule has 2 heterocycles. The summed E-state index contributed by atoms with van der Waals surface area (Å²) in [6, 6.07) is 10.1. The first-order valence-corrected chi connectivity index (χ1v) is 12.2. The van der Waals surface area contributed by atoms with Crippen LogP contribution in [0.1, 0.15) is 69.8 Å². The standard InChI is InChI=1S/C25H34O6/c26-18-19(27-16-17-10-4-1-5-11-17)21-23(31-25(29-21)14-8-3-9-15-25)22-20(18)28-24(30-22)12-6-2-7-13-24/h1,4-5,10-11,18-23,26H,2-3,6-9,12-16H2/t18-,19-,20+,21-,22-,23-/m0/s1. The van der Waals surface area contributed by atoms with Crippen molar-refractivity contribution in [3.63, 3.8) is 0 Å².